The molecule has 2 aliphatic rings. The van der Waals surface area contributed by atoms with Crippen LogP contribution in [0.15, 0.2) is 36.2 Å². The fourth-order valence-electron chi connectivity index (χ4n) is 4.24. The molecule has 0 aliphatic carbocycles. The second-order valence-electron chi connectivity index (χ2n) is 7.70. The average molecular weight is 411 g/mol. The first-order valence-corrected chi connectivity index (χ1v) is 10.6. The molecule has 1 aromatic carbocycles. The largest absolute Gasteiger partial charge is 0.338 e. The second kappa shape index (κ2) is 7.99. The smallest absolute Gasteiger partial charge is 0.276 e. The predicted molar refractivity (Wildman–Crippen MR) is 118 cm³/mol. The van der Waals surface area contributed by atoms with Crippen molar-refractivity contribution in [1.82, 2.24) is 19.7 Å². The van der Waals surface area contributed by atoms with E-state index in [0.717, 1.165) is 35.9 Å². The number of amides is 2. The van der Waals surface area contributed by atoms with Crippen LogP contribution in [0.3, 0.4) is 0 Å². The number of carbonyl (C=O) groups excluding carboxylic acids is 2. The molecule has 152 valence electrons. The van der Waals surface area contributed by atoms with Gasteiger partial charge in [0.15, 0.2) is 5.11 Å². The Labute approximate surface area is 176 Å². The number of likely N-dealkylation sites (tertiary alicyclic amines) is 1. The number of nitrogens with zero attached hydrogens (tertiary/aromatic N) is 3. The van der Waals surface area contributed by atoms with E-state index in [9.17, 15) is 9.59 Å². The zero-order valence-corrected chi connectivity index (χ0v) is 17.7. The molecular formula is C22H26N4O2S. The third-order valence-electron chi connectivity index (χ3n) is 5.83. The van der Waals surface area contributed by atoms with E-state index in [1.54, 1.807) is 4.90 Å². The molecule has 2 saturated heterocycles. The Morgan fingerprint density at radius 3 is 2.83 bits per heavy atom. The number of likely N-dealkylation sites (N-methyl/N-ethyl adjacent to an activating group) is 1. The maximum atomic E-state index is 13.0. The summed E-state index contributed by atoms with van der Waals surface area (Å²) in [6.45, 7) is 5.69. The molecule has 2 aromatic rings. The Kier molecular flexibility index (Phi) is 5.41. The first kappa shape index (κ1) is 19.6. The van der Waals surface area contributed by atoms with E-state index in [4.69, 9.17) is 12.2 Å². The third-order valence-corrected chi connectivity index (χ3v) is 6.15. The highest BCUT2D eigenvalue weighted by atomic mass is 32.1. The number of fused-ring (bicyclic) bond motifs is 1. The molecule has 1 N–H and O–H groups in total. The molecule has 0 bridgehead atoms. The van der Waals surface area contributed by atoms with E-state index in [2.05, 4.69) is 12.2 Å². The van der Waals surface area contributed by atoms with E-state index in [0.29, 0.717) is 29.9 Å². The van der Waals surface area contributed by atoms with Crippen LogP contribution in [0.4, 0.5) is 0 Å². The summed E-state index contributed by atoms with van der Waals surface area (Å²) in [7, 11) is 0. The molecule has 1 aromatic heterocycles. The molecule has 0 radical (unpaired) electrons. The molecule has 2 fully saturated rings. The summed E-state index contributed by atoms with van der Waals surface area (Å²) in [5.41, 5.74) is 2.35. The Morgan fingerprint density at radius 1 is 1.31 bits per heavy atom. The highest BCUT2D eigenvalue weighted by Crippen LogP contribution is 2.25. The lowest BCUT2D eigenvalue weighted by molar-refractivity contribution is -0.135. The van der Waals surface area contributed by atoms with Crippen molar-refractivity contribution in [2.24, 2.45) is 0 Å². The van der Waals surface area contributed by atoms with E-state index in [1.165, 1.54) is 6.42 Å². The molecule has 1 atom stereocenters. The summed E-state index contributed by atoms with van der Waals surface area (Å²) in [6.07, 6.45) is 7.11. The van der Waals surface area contributed by atoms with Crippen molar-refractivity contribution in [3.8, 4) is 0 Å². The lowest BCUT2D eigenvalue weighted by Gasteiger charge is -2.33. The third kappa shape index (κ3) is 3.67. The van der Waals surface area contributed by atoms with Gasteiger partial charge < -0.3 is 14.8 Å². The molecule has 0 spiro atoms. The van der Waals surface area contributed by atoms with Crippen LogP contribution in [0.1, 0.15) is 38.7 Å². The molecule has 7 heteroatoms. The van der Waals surface area contributed by atoms with Crippen LogP contribution in [0.5, 0.6) is 0 Å². The van der Waals surface area contributed by atoms with Gasteiger partial charge in [0.2, 0.25) is 5.91 Å². The lowest BCUT2D eigenvalue weighted by atomic mass is 10.0. The first-order chi connectivity index (χ1) is 14.0. The highest BCUT2D eigenvalue weighted by molar-refractivity contribution is 7.80. The fourth-order valence-corrected chi connectivity index (χ4v) is 4.56. The summed E-state index contributed by atoms with van der Waals surface area (Å²) in [4.78, 5) is 29.0. The quantitative estimate of drug-likeness (QED) is 0.622. The minimum absolute atomic E-state index is 0.118. The molecule has 3 heterocycles. The number of carbonyl (C=O) groups is 2. The molecule has 4 rings (SSSR count). The van der Waals surface area contributed by atoms with Gasteiger partial charge >= 0.3 is 0 Å². The lowest BCUT2D eigenvalue weighted by Crippen LogP contribution is -2.43. The van der Waals surface area contributed by atoms with Gasteiger partial charge in [0.1, 0.15) is 12.2 Å². The van der Waals surface area contributed by atoms with Crippen molar-refractivity contribution in [2.45, 2.75) is 45.7 Å². The minimum Gasteiger partial charge on any atom is -0.338 e. The van der Waals surface area contributed by atoms with Crippen LogP contribution < -0.4 is 5.32 Å². The van der Waals surface area contributed by atoms with Crippen LogP contribution in [0.25, 0.3) is 17.0 Å². The summed E-state index contributed by atoms with van der Waals surface area (Å²) < 4.78 is 1.99. The number of piperidine rings is 1. The van der Waals surface area contributed by atoms with Gasteiger partial charge in [-0.3, -0.25) is 14.5 Å². The van der Waals surface area contributed by atoms with Crippen LogP contribution in [0.2, 0.25) is 0 Å². The standard InChI is InChI=1S/C22H26N4O2S/c1-3-25-21(28)18(23-22(25)29)12-16-13-24(19-10-5-4-9-17(16)19)14-20(27)26-11-7-6-8-15(26)2/h4-5,9-10,12-13,15H,3,6-8,11,14H2,1-2H3,(H,23,29)/b18-12-/t15-/m0/s1. The summed E-state index contributed by atoms with van der Waals surface area (Å²) in [5, 5.41) is 4.45. The monoisotopic (exact) mass is 410 g/mol. The van der Waals surface area contributed by atoms with Crippen molar-refractivity contribution in [3.63, 3.8) is 0 Å². The van der Waals surface area contributed by atoms with Crippen molar-refractivity contribution >= 4 is 46.1 Å². The Hall–Kier alpha value is -2.67. The Bertz CT molecular complexity index is 1010. The van der Waals surface area contributed by atoms with Crippen LogP contribution in [-0.2, 0) is 16.1 Å². The number of nitrogens with one attached hydrogen (secondary N) is 1. The van der Waals surface area contributed by atoms with Crippen molar-refractivity contribution in [3.05, 3.63) is 41.7 Å². The number of aromatic nitrogens is 1. The van der Waals surface area contributed by atoms with Gasteiger partial charge in [-0.2, -0.15) is 0 Å². The maximum absolute atomic E-state index is 13.0. The number of rotatable bonds is 4. The van der Waals surface area contributed by atoms with Gasteiger partial charge in [0.25, 0.3) is 5.91 Å². The molecule has 0 saturated carbocycles. The SMILES string of the molecule is CCN1C(=O)/C(=C/c2cn(CC(=O)N3CCCC[C@@H]3C)c3ccccc23)NC1=S. The van der Waals surface area contributed by atoms with E-state index < -0.39 is 0 Å². The fraction of sp³-hybridized carbons (Fsp3) is 0.409. The van der Waals surface area contributed by atoms with Crippen LogP contribution in [-0.4, -0.2) is 50.4 Å². The van der Waals surface area contributed by atoms with Crippen molar-refractivity contribution < 1.29 is 9.59 Å². The van der Waals surface area contributed by atoms with Gasteiger partial charge in [-0.15, -0.1) is 0 Å². The van der Waals surface area contributed by atoms with E-state index in [-0.39, 0.29) is 11.8 Å². The minimum atomic E-state index is -0.118. The molecule has 6 nitrogen and oxygen atoms in total. The normalized spacial score (nSPS) is 21.3. The summed E-state index contributed by atoms with van der Waals surface area (Å²) in [6, 6.07) is 8.26. The maximum Gasteiger partial charge on any atom is 0.276 e. The van der Waals surface area contributed by atoms with Crippen LogP contribution in [0, 0.1) is 0 Å². The van der Waals surface area contributed by atoms with Gasteiger partial charge in [0.05, 0.1) is 0 Å². The molecule has 2 amide bonds. The number of hydrogen-bond donors (Lipinski definition) is 1. The number of hydrogen-bond acceptors (Lipinski definition) is 3. The summed E-state index contributed by atoms with van der Waals surface area (Å²) in [5.74, 6) is 0.0260. The van der Waals surface area contributed by atoms with Gasteiger partial charge in [0, 0.05) is 41.8 Å². The van der Waals surface area contributed by atoms with E-state index >= 15 is 0 Å². The highest BCUT2D eigenvalue weighted by Gasteiger charge is 2.29. The van der Waals surface area contributed by atoms with E-state index in [1.807, 2.05) is 52.9 Å². The van der Waals surface area contributed by atoms with Crippen molar-refractivity contribution in [2.75, 3.05) is 13.1 Å². The van der Waals surface area contributed by atoms with Gasteiger partial charge in [-0.1, -0.05) is 18.2 Å². The number of thiocarbonyl (C=S) groups is 1. The number of para-hydroxylation sites is 1. The van der Waals surface area contributed by atoms with Crippen molar-refractivity contribution in [1.29, 1.82) is 0 Å². The predicted octanol–water partition coefficient (Wildman–Crippen LogP) is 3.12. The topological polar surface area (TPSA) is 57.6 Å². The molecule has 2 aliphatic heterocycles. The zero-order chi connectivity index (χ0) is 20.5. The van der Waals surface area contributed by atoms with Gasteiger partial charge in [-0.05, 0) is 57.5 Å². The number of benzene rings is 1. The second-order valence-corrected chi connectivity index (χ2v) is 8.09. The Balaban J connectivity index is 1.66. The van der Waals surface area contributed by atoms with Crippen LogP contribution >= 0.6 is 12.2 Å². The molecule has 0 unspecified atom stereocenters. The molecule has 29 heavy (non-hydrogen) atoms. The van der Waals surface area contributed by atoms with Gasteiger partial charge in [-0.25, -0.2) is 0 Å². The summed E-state index contributed by atoms with van der Waals surface area (Å²) >= 11 is 5.25. The molecular weight excluding hydrogens is 384 g/mol. The average Bonchev–Trinajstić information content (AvgIpc) is 3.19. The Morgan fingerprint density at radius 2 is 2.10 bits per heavy atom. The zero-order valence-electron chi connectivity index (χ0n) is 16.9. The first-order valence-electron chi connectivity index (χ1n) is 10.2.